The number of rotatable bonds is 7. The number of halogens is 2. The topological polar surface area (TPSA) is 41.9 Å². The van der Waals surface area contributed by atoms with Crippen molar-refractivity contribution in [2.24, 2.45) is 5.92 Å². The molecule has 0 saturated carbocycles. The summed E-state index contributed by atoms with van der Waals surface area (Å²) in [6, 6.07) is 19.2. The van der Waals surface area contributed by atoms with Gasteiger partial charge >= 0.3 is 0 Å². The lowest BCUT2D eigenvalue weighted by molar-refractivity contribution is 0.0668. The molecule has 1 saturated heterocycles. The molecule has 176 valence electrons. The zero-order valence-electron chi connectivity index (χ0n) is 19.0. The molecule has 1 fully saturated rings. The van der Waals surface area contributed by atoms with E-state index in [2.05, 4.69) is 4.90 Å². The molecule has 2 heterocycles. The van der Waals surface area contributed by atoms with Gasteiger partial charge in [-0.2, -0.15) is 0 Å². The Kier molecular flexibility index (Phi) is 6.24. The van der Waals surface area contributed by atoms with Crippen molar-refractivity contribution in [2.45, 2.75) is 13.0 Å². The maximum Gasteiger partial charge on any atom is 0.150 e. The Morgan fingerprint density at radius 1 is 1.03 bits per heavy atom. The highest BCUT2D eigenvalue weighted by Crippen LogP contribution is 2.47. The first-order chi connectivity index (χ1) is 16.5. The van der Waals surface area contributed by atoms with Crippen LogP contribution in [-0.4, -0.2) is 42.9 Å². The van der Waals surface area contributed by atoms with Crippen LogP contribution in [0.2, 0.25) is 0 Å². The third kappa shape index (κ3) is 4.50. The molecule has 0 spiro atoms. The molecule has 34 heavy (non-hydrogen) atoms. The molecule has 0 aromatic heterocycles. The summed E-state index contributed by atoms with van der Waals surface area (Å²) in [4.78, 5) is 2.19. The summed E-state index contributed by atoms with van der Waals surface area (Å²) in [5, 5.41) is 10.0. The minimum atomic E-state index is -0.393. The lowest BCUT2D eigenvalue weighted by Crippen LogP contribution is -2.49. The summed E-state index contributed by atoms with van der Waals surface area (Å²) in [5.74, 6) is 1.49. The van der Waals surface area contributed by atoms with Crippen LogP contribution in [0.5, 0.6) is 17.2 Å². The predicted molar refractivity (Wildman–Crippen MR) is 128 cm³/mol. The number of ether oxygens (including phenoxy) is 2. The van der Waals surface area contributed by atoms with Crippen LogP contribution in [-0.2, 0) is 0 Å². The minimum Gasteiger partial charge on any atom is -0.508 e. The van der Waals surface area contributed by atoms with Crippen molar-refractivity contribution < 1.29 is 23.4 Å². The monoisotopic (exact) mass is 463 g/mol. The first-order valence-corrected chi connectivity index (χ1v) is 11.5. The van der Waals surface area contributed by atoms with Crippen molar-refractivity contribution >= 4 is 11.1 Å². The molecule has 4 nitrogen and oxygen atoms in total. The Balaban J connectivity index is 1.37. The van der Waals surface area contributed by atoms with E-state index in [-0.39, 0.29) is 24.2 Å². The Bertz CT molecular complexity index is 1190. The van der Waals surface area contributed by atoms with E-state index in [0.29, 0.717) is 12.4 Å². The third-order valence-corrected chi connectivity index (χ3v) is 6.54. The quantitative estimate of drug-likeness (QED) is 0.476. The summed E-state index contributed by atoms with van der Waals surface area (Å²) in [7, 11) is 0. The normalized spacial score (nSPS) is 18.3. The summed E-state index contributed by atoms with van der Waals surface area (Å²) in [6.07, 6.45) is -0.393. The van der Waals surface area contributed by atoms with E-state index >= 15 is 0 Å². The van der Waals surface area contributed by atoms with Crippen molar-refractivity contribution in [1.29, 1.82) is 0 Å². The maximum atomic E-state index is 13.6. The number of phenolic OH excluding ortho intramolecular Hbond substituents is 1. The third-order valence-electron chi connectivity index (χ3n) is 6.54. The molecular weight excluding hydrogens is 436 g/mol. The maximum absolute atomic E-state index is 13.6. The van der Waals surface area contributed by atoms with Crippen LogP contribution < -0.4 is 9.47 Å². The van der Waals surface area contributed by atoms with Gasteiger partial charge in [0.25, 0.3) is 0 Å². The molecule has 0 bridgehead atoms. The van der Waals surface area contributed by atoms with Crippen LogP contribution in [0.25, 0.3) is 11.1 Å². The summed E-state index contributed by atoms with van der Waals surface area (Å²) in [6.45, 7) is 4.68. The van der Waals surface area contributed by atoms with Gasteiger partial charge in [-0.05, 0) is 66.1 Å². The molecule has 6 heteroatoms. The van der Waals surface area contributed by atoms with E-state index in [4.69, 9.17) is 9.47 Å². The fourth-order valence-electron chi connectivity index (χ4n) is 4.66. The van der Waals surface area contributed by atoms with Crippen LogP contribution in [0.3, 0.4) is 0 Å². The van der Waals surface area contributed by atoms with E-state index in [1.54, 1.807) is 30.3 Å². The van der Waals surface area contributed by atoms with Gasteiger partial charge in [0.15, 0.2) is 0 Å². The number of hydrogen-bond donors (Lipinski definition) is 1. The van der Waals surface area contributed by atoms with Crippen molar-refractivity contribution in [3.8, 4) is 17.2 Å². The molecule has 0 radical (unpaired) electrons. The highest BCUT2D eigenvalue weighted by molar-refractivity contribution is 5.95. The molecule has 3 aromatic rings. The van der Waals surface area contributed by atoms with E-state index < -0.39 is 6.10 Å². The van der Waals surface area contributed by atoms with E-state index in [1.807, 2.05) is 31.2 Å². The van der Waals surface area contributed by atoms with Gasteiger partial charge in [-0.15, -0.1) is 0 Å². The molecule has 0 amide bonds. The zero-order valence-corrected chi connectivity index (χ0v) is 19.0. The molecule has 0 unspecified atom stereocenters. The molecule has 0 aliphatic carbocycles. The van der Waals surface area contributed by atoms with Gasteiger partial charge in [-0.1, -0.05) is 24.3 Å². The number of alkyl halides is 1. The molecule has 5 rings (SSSR count). The van der Waals surface area contributed by atoms with Gasteiger partial charge in [0.05, 0.1) is 6.67 Å². The number of benzene rings is 3. The van der Waals surface area contributed by atoms with Crippen molar-refractivity contribution in [3.05, 3.63) is 89.2 Å². The second-order valence-corrected chi connectivity index (χ2v) is 8.92. The van der Waals surface area contributed by atoms with E-state index in [0.717, 1.165) is 53.2 Å². The Morgan fingerprint density at radius 3 is 2.47 bits per heavy atom. The van der Waals surface area contributed by atoms with Crippen LogP contribution in [0, 0.1) is 11.7 Å². The average molecular weight is 464 g/mol. The summed E-state index contributed by atoms with van der Waals surface area (Å²) < 4.78 is 38.5. The minimum absolute atomic E-state index is 0.165. The number of likely N-dealkylation sites (tertiary alicyclic amines) is 1. The van der Waals surface area contributed by atoms with Crippen molar-refractivity contribution in [3.63, 3.8) is 0 Å². The number of aromatic hydroxyl groups is 1. The van der Waals surface area contributed by atoms with Crippen molar-refractivity contribution in [1.82, 2.24) is 4.90 Å². The van der Waals surface area contributed by atoms with Gasteiger partial charge in [0.1, 0.15) is 35.8 Å². The molecule has 3 aromatic carbocycles. The first kappa shape index (κ1) is 22.4. The lowest BCUT2D eigenvalue weighted by atomic mass is 9.86. The van der Waals surface area contributed by atoms with Gasteiger partial charge in [-0.25, -0.2) is 4.39 Å². The van der Waals surface area contributed by atoms with Crippen LogP contribution in [0.1, 0.15) is 29.7 Å². The summed E-state index contributed by atoms with van der Waals surface area (Å²) >= 11 is 0. The Morgan fingerprint density at radius 2 is 1.76 bits per heavy atom. The lowest BCUT2D eigenvalue weighted by Gasteiger charge is -2.37. The molecule has 2 aliphatic heterocycles. The Labute approximate surface area is 198 Å². The standard InChI is InChI=1S/C28H27F2NO3/c1-18-25-14-23(32)8-11-26(25)34-28(27(18)20-2-6-22(30)7-3-20)21-4-9-24(10-5-21)33-13-12-31-16-19(15-29)17-31/h2-11,14,19,28,32H,12-13,15-17H2,1H3/t28-/m0/s1. The number of phenols is 1. The highest BCUT2D eigenvalue weighted by Gasteiger charge is 2.30. The SMILES string of the molecule is CC1=C(c2ccc(F)cc2)[C@H](c2ccc(OCCN3CC(CF)C3)cc2)Oc2ccc(O)cc21. The predicted octanol–water partition coefficient (Wildman–Crippen LogP) is 5.88. The van der Waals surface area contributed by atoms with E-state index in [1.165, 1.54) is 12.1 Å². The van der Waals surface area contributed by atoms with Gasteiger partial charge in [0.2, 0.25) is 0 Å². The smallest absolute Gasteiger partial charge is 0.150 e. The molecular formula is C28H27F2NO3. The van der Waals surface area contributed by atoms with Crippen LogP contribution >= 0.6 is 0 Å². The Hall–Kier alpha value is -3.38. The highest BCUT2D eigenvalue weighted by atomic mass is 19.1. The van der Waals surface area contributed by atoms with Crippen LogP contribution in [0.4, 0.5) is 8.78 Å². The van der Waals surface area contributed by atoms with Crippen molar-refractivity contribution in [2.75, 3.05) is 32.9 Å². The number of hydrogen-bond acceptors (Lipinski definition) is 4. The zero-order chi connectivity index (χ0) is 23.7. The fraction of sp³-hybridized carbons (Fsp3) is 0.286. The first-order valence-electron chi connectivity index (χ1n) is 11.5. The second-order valence-electron chi connectivity index (χ2n) is 8.92. The molecule has 1 atom stereocenters. The number of nitrogens with zero attached hydrogens (tertiary/aromatic N) is 1. The second kappa shape index (κ2) is 9.47. The van der Waals surface area contributed by atoms with Gasteiger partial charge < -0.3 is 14.6 Å². The summed E-state index contributed by atoms with van der Waals surface area (Å²) in [5.41, 5.74) is 4.51. The average Bonchev–Trinajstić information content (AvgIpc) is 2.82. The number of allylic oxidation sites excluding steroid dienone is 1. The van der Waals surface area contributed by atoms with Gasteiger partial charge in [0, 0.05) is 36.7 Å². The van der Waals surface area contributed by atoms with Crippen LogP contribution in [0.15, 0.2) is 66.7 Å². The molecule has 1 N–H and O–H groups in total. The van der Waals surface area contributed by atoms with Gasteiger partial charge in [-0.3, -0.25) is 9.29 Å². The molecule has 2 aliphatic rings. The van der Waals surface area contributed by atoms with E-state index in [9.17, 15) is 13.9 Å². The largest absolute Gasteiger partial charge is 0.508 e. The fourth-order valence-corrected chi connectivity index (χ4v) is 4.66. The number of fused-ring (bicyclic) bond motifs is 1.